The number of carbonyl (C=O) groups is 1. The zero-order valence-electron chi connectivity index (χ0n) is 30.4. The summed E-state index contributed by atoms with van der Waals surface area (Å²) in [6.07, 6.45) is 3.49. The van der Waals surface area contributed by atoms with E-state index in [1.807, 2.05) is 54.6 Å². The van der Waals surface area contributed by atoms with Crippen molar-refractivity contribution in [2.24, 2.45) is 0 Å². The van der Waals surface area contributed by atoms with Crippen LogP contribution in [0.3, 0.4) is 0 Å². The van der Waals surface area contributed by atoms with Crippen molar-refractivity contribution >= 4 is 5.97 Å². The van der Waals surface area contributed by atoms with E-state index >= 15 is 0 Å². The molecule has 0 atom stereocenters. The minimum Gasteiger partial charge on any atom is -0.463 e. The van der Waals surface area contributed by atoms with Crippen LogP contribution in [0.4, 0.5) is 0 Å². The number of benzene rings is 3. The number of ether oxygens (including phenoxy) is 9. The molecule has 0 bridgehead atoms. The fourth-order valence-corrected chi connectivity index (χ4v) is 5.25. The maximum absolute atomic E-state index is 11.5. The molecule has 0 aliphatic carbocycles. The van der Waals surface area contributed by atoms with E-state index in [0.29, 0.717) is 106 Å². The molecule has 0 saturated carbocycles. The highest BCUT2D eigenvalue weighted by Crippen LogP contribution is 2.40. The fraction of sp³-hybridized carbons (Fsp3) is 0.537. The summed E-state index contributed by atoms with van der Waals surface area (Å²) in [5, 5.41) is 0. The number of rotatable bonds is 32. The van der Waals surface area contributed by atoms with E-state index in [2.05, 4.69) is 43.3 Å². The van der Waals surface area contributed by atoms with Crippen molar-refractivity contribution in [3.63, 3.8) is 0 Å². The first kappa shape index (κ1) is 42.2. The normalized spacial score (nSPS) is 11.5. The molecule has 0 amide bonds. The summed E-state index contributed by atoms with van der Waals surface area (Å²) in [4.78, 5) is 11.5. The van der Waals surface area contributed by atoms with E-state index in [-0.39, 0.29) is 12.6 Å². The van der Waals surface area contributed by atoms with Gasteiger partial charge in [0.05, 0.1) is 99.1 Å². The summed E-state index contributed by atoms with van der Waals surface area (Å²) in [6, 6.07) is 31.0. The molecule has 282 valence electrons. The van der Waals surface area contributed by atoms with Gasteiger partial charge in [-0.05, 0) is 23.1 Å². The number of esters is 1. The average Bonchev–Trinajstić information content (AvgIpc) is 3.17. The van der Waals surface area contributed by atoms with Gasteiger partial charge in [-0.25, -0.2) is 0 Å². The summed E-state index contributed by atoms with van der Waals surface area (Å²) in [5.41, 5.74) is 2.45. The quantitative estimate of drug-likeness (QED) is 0.0421. The van der Waals surface area contributed by atoms with E-state index in [1.54, 1.807) is 0 Å². The van der Waals surface area contributed by atoms with Crippen LogP contribution in [0, 0.1) is 0 Å². The van der Waals surface area contributed by atoms with Gasteiger partial charge < -0.3 is 42.6 Å². The monoisotopic (exact) mass is 710 g/mol. The third kappa shape index (κ3) is 17.7. The van der Waals surface area contributed by atoms with E-state index in [4.69, 9.17) is 42.6 Å². The molecule has 0 aromatic heterocycles. The van der Waals surface area contributed by atoms with Crippen molar-refractivity contribution in [1.82, 2.24) is 0 Å². The molecule has 0 fully saturated rings. The fourth-order valence-electron chi connectivity index (χ4n) is 5.25. The van der Waals surface area contributed by atoms with Gasteiger partial charge in [0.15, 0.2) is 0 Å². The molecule has 3 aromatic rings. The molecular weight excluding hydrogens is 652 g/mol. The van der Waals surface area contributed by atoms with Gasteiger partial charge in [-0.3, -0.25) is 4.79 Å². The van der Waals surface area contributed by atoms with Crippen molar-refractivity contribution in [3.8, 4) is 0 Å². The Balaban J connectivity index is 1.11. The Morgan fingerprint density at radius 2 is 0.745 bits per heavy atom. The highest BCUT2D eigenvalue weighted by molar-refractivity contribution is 5.69. The molecule has 3 aromatic carbocycles. The van der Waals surface area contributed by atoms with E-state index in [1.165, 1.54) is 0 Å². The average molecular weight is 711 g/mol. The third-order valence-electron chi connectivity index (χ3n) is 7.79. The lowest BCUT2D eigenvalue weighted by molar-refractivity contribution is -0.145. The van der Waals surface area contributed by atoms with Crippen LogP contribution in [0.15, 0.2) is 91.0 Å². The first-order valence-corrected chi connectivity index (χ1v) is 18.3. The van der Waals surface area contributed by atoms with Gasteiger partial charge >= 0.3 is 5.97 Å². The predicted molar refractivity (Wildman–Crippen MR) is 196 cm³/mol. The molecule has 0 unspecified atom stereocenters. The standard InChI is InChI=1S/C41H58O10/c1-2-3-7-20-40(42)50-35-33-48-31-29-46-27-25-44-23-21-43-22-24-45-26-28-47-30-32-49-34-36-51-41(37-14-8-4-9-15-37,38-16-10-5-11-17-38)39-18-12-6-13-19-39/h4-6,8-19H,2-3,7,20-36H2,1H3. The van der Waals surface area contributed by atoms with Gasteiger partial charge in [0, 0.05) is 6.42 Å². The SMILES string of the molecule is CCCCCC(=O)OCCOCCOCCOCCOCCOCCOCCOCCOC(c1ccccc1)(c1ccccc1)c1ccccc1. The Kier molecular flexibility index (Phi) is 23.5. The largest absolute Gasteiger partial charge is 0.463 e. The van der Waals surface area contributed by atoms with E-state index in [0.717, 1.165) is 36.0 Å². The first-order valence-electron chi connectivity index (χ1n) is 18.3. The van der Waals surface area contributed by atoms with Gasteiger partial charge in [0.2, 0.25) is 0 Å². The molecule has 51 heavy (non-hydrogen) atoms. The summed E-state index contributed by atoms with van der Waals surface area (Å²) < 4.78 is 50.8. The Bertz CT molecular complexity index is 1130. The number of carbonyl (C=O) groups excluding carboxylic acids is 1. The Morgan fingerprint density at radius 1 is 0.431 bits per heavy atom. The van der Waals surface area contributed by atoms with Gasteiger partial charge in [0.1, 0.15) is 12.2 Å². The van der Waals surface area contributed by atoms with E-state index < -0.39 is 5.60 Å². The first-order chi connectivity index (χ1) is 25.3. The molecule has 0 heterocycles. The Labute approximate surface area is 304 Å². The molecule has 0 spiro atoms. The van der Waals surface area contributed by atoms with Crippen LogP contribution in [-0.4, -0.2) is 112 Å². The molecule has 0 N–H and O–H groups in total. The number of hydrogen-bond donors (Lipinski definition) is 0. The lowest BCUT2D eigenvalue weighted by atomic mass is 9.80. The van der Waals surface area contributed by atoms with Gasteiger partial charge in [0.25, 0.3) is 0 Å². The molecule has 3 rings (SSSR count). The second-order valence-corrected chi connectivity index (χ2v) is 11.6. The molecule has 0 saturated heterocycles. The van der Waals surface area contributed by atoms with Crippen LogP contribution in [0.1, 0.15) is 49.3 Å². The second-order valence-electron chi connectivity index (χ2n) is 11.6. The van der Waals surface area contributed by atoms with Crippen LogP contribution < -0.4 is 0 Å². The third-order valence-corrected chi connectivity index (χ3v) is 7.79. The zero-order chi connectivity index (χ0) is 35.9. The highest BCUT2D eigenvalue weighted by atomic mass is 16.6. The molecular formula is C41H58O10. The van der Waals surface area contributed by atoms with Crippen molar-refractivity contribution in [2.45, 2.75) is 38.2 Å². The molecule has 0 radical (unpaired) electrons. The van der Waals surface area contributed by atoms with Crippen LogP contribution in [0.25, 0.3) is 0 Å². The predicted octanol–water partition coefficient (Wildman–Crippen LogP) is 6.23. The highest BCUT2D eigenvalue weighted by Gasteiger charge is 2.37. The maximum atomic E-state index is 11.5. The van der Waals surface area contributed by atoms with Gasteiger partial charge in [-0.2, -0.15) is 0 Å². The van der Waals surface area contributed by atoms with E-state index in [9.17, 15) is 4.79 Å². The minimum atomic E-state index is -0.752. The van der Waals surface area contributed by atoms with Crippen LogP contribution in [0.5, 0.6) is 0 Å². The lowest BCUT2D eigenvalue weighted by Crippen LogP contribution is -2.34. The van der Waals surface area contributed by atoms with Crippen LogP contribution in [-0.2, 0) is 53.0 Å². The maximum Gasteiger partial charge on any atom is 0.305 e. The van der Waals surface area contributed by atoms with Crippen molar-refractivity contribution < 1.29 is 47.4 Å². The van der Waals surface area contributed by atoms with Crippen molar-refractivity contribution in [3.05, 3.63) is 108 Å². The summed E-state index contributed by atoms with van der Waals surface area (Å²) in [7, 11) is 0. The summed E-state index contributed by atoms with van der Waals surface area (Å²) in [6.45, 7) is 9.38. The zero-order valence-corrected chi connectivity index (χ0v) is 30.4. The minimum absolute atomic E-state index is 0.159. The van der Waals surface area contributed by atoms with Gasteiger partial charge in [-0.1, -0.05) is 111 Å². The second kappa shape index (κ2) is 28.4. The van der Waals surface area contributed by atoms with Crippen LogP contribution in [0.2, 0.25) is 0 Å². The topological polar surface area (TPSA) is 100 Å². The lowest BCUT2D eigenvalue weighted by Gasteiger charge is -2.36. The van der Waals surface area contributed by atoms with Gasteiger partial charge in [-0.15, -0.1) is 0 Å². The number of hydrogen-bond acceptors (Lipinski definition) is 10. The Morgan fingerprint density at radius 3 is 1.08 bits per heavy atom. The summed E-state index contributed by atoms with van der Waals surface area (Å²) in [5.74, 6) is -0.159. The molecule has 0 aliphatic rings. The molecule has 10 heteroatoms. The van der Waals surface area contributed by atoms with Crippen molar-refractivity contribution in [2.75, 3.05) is 106 Å². The molecule has 10 nitrogen and oxygen atoms in total. The Hall–Kier alpha value is -3.19. The summed E-state index contributed by atoms with van der Waals surface area (Å²) >= 11 is 0. The van der Waals surface area contributed by atoms with Crippen LogP contribution >= 0.6 is 0 Å². The number of unbranched alkanes of at least 4 members (excludes halogenated alkanes) is 2. The molecule has 0 aliphatic heterocycles. The van der Waals surface area contributed by atoms with Crippen molar-refractivity contribution in [1.29, 1.82) is 0 Å². The smallest absolute Gasteiger partial charge is 0.305 e.